The highest BCUT2D eigenvalue weighted by molar-refractivity contribution is 5.66. The summed E-state index contributed by atoms with van der Waals surface area (Å²) in [6.45, 7) is 12.8. The smallest absolute Gasteiger partial charge is 0.225 e. The first kappa shape index (κ1) is 17.3. The van der Waals surface area contributed by atoms with E-state index in [2.05, 4.69) is 73.4 Å². The van der Waals surface area contributed by atoms with Crippen LogP contribution in [0.5, 0.6) is 0 Å². The standard InChI is InChI=1S/C19H28N4/c1-7-14(5)20-19-21-15(6)11-17(23-19)22-18-13(4)9-8-10-16(18)12(2)3/h8-12,14H,7H2,1-6H3,(H2,20,21,22,23). The van der Waals surface area contributed by atoms with Crippen LogP contribution in [0.4, 0.5) is 17.5 Å². The molecule has 0 aliphatic heterocycles. The van der Waals surface area contributed by atoms with Gasteiger partial charge in [-0.25, -0.2) is 4.98 Å². The van der Waals surface area contributed by atoms with Crippen LogP contribution in [0.1, 0.15) is 56.9 Å². The van der Waals surface area contributed by atoms with Gasteiger partial charge in [0.15, 0.2) is 0 Å². The minimum atomic E-state index is 0.356. The zero-order chi connectivity index (χ0) is 17.0. The second-order valence-electron chi connectivity index (χ2n) is 6.49. The van der Waals surface area contributed by atoms with Crippen molar-refractivity contribution in [2.24, 2.45) is 0 Å². The van der Waals surface area contributed by atoms with E-state index in [4.69, 9.17) is 0 Å². The van der Waals surface area contributed by atoms with Crippen molar-refractivity contribution in [2.45, 2.75) is 59.9 Å². The summed E-state index contributed by atoms with van der Waals surface area (Å²) in [7, 11) is 0. The predicted octanol–water partition coefficient (Wildman–Crippen LogP) is 5.17. The molecule has 0 saturated heterocycles. The molecule has 1 aromatic heterocycles. The Bertz CT molecular complexity index is 664. The lowest BCUT2D eigenvalue weighted by Crippen LogP contribution is -2.16. The third-order valence-electron chi connectivity index (χ3n) is 4.02. The summed E-state index contributed by atoms with van der Waals surface area (Å²) in [6.07, 6.45) is 1.04. The van der Waals surface area contributed by atoms with Crippen LogP contribution in [0.15, 0.2) is 24.3 Å². The van der Waals surface area contributed by atoms with Gasteiger partial charge in [0.1, 0.15) is 5.82 Å². The van der Waals surface area contributed by atoms with Crippen LogP contribution < -0.4 is 10.6 Å². The van der Waals surface area contributed by atoms with Gasteiger partial charge in [-0.1, -0.05) is 39.0 Å². The largest absolute Gasteiger partial charge is 0.352 e. The van der Waals surface area contributed by atoms with Gasteiger partial charge in [0.05, 0.1) is 0 Å². The highest BCUT2D eigenvalue weighted by atomic mass is 15.2. The average Bonchev–Trinajstić information content (AvgIpc) is 2.48. The molecule has 0 saturated carbocycles. The van der Waals surface area contributed by atoms with Crippen molar-refractivity contribution in [1.29, 1.82) is 0 Å². The van der Waals surface area contributed by atoms with E-state index < -0.39 is 0 Å². The predicted molar refractivity (Wildman–Crippen MR) is 98.7 cm³/mol. The Balaban J connectivity index is 2.34. The Hall–Kier alpha value is -2.10. The molecule has 0 aliphatic carbocycles. The lowest BCUT2D eigenvalue weighted by molar-refractivity contribution is 0.752. The van der Waals surface area contributed by atoms with Crippen molar-refractivity contribution >= 4 is 17.5 Å². The van der Waals surface area contributed by atoms with E-state index in [1.54, 1.807) is 0 Å². The first-order valence-electron chi connectivity index (χ1n) is 8.39. The number of hydrogen-bond donors (Lipinski definition) is 2. The summed E-state index contributed by atoms with van der Waals surface area (Å²) in [6, 6.07) is 8.75. The fourth-order valence-corrected chi connectivity index (χ4v) is 2.49. The summed E-state index contributed by atoms with van der Waals surface area (Å²) >= 11 is 0. The number of nitrogens with zero attached hydrogens (tertiary/aromatic N) is 2. The summed E-state index contributed by atoms with van der Waals surface area (Å²) in [5, 5.41) is 6.85. The van der Waals surface area contributed by atoms with Crippen LogP contribution in [0, 0.1) is 13.8 Å². The number of anilines is 3. The third kappa shape index (κ3) is 4.44. The second-order valence-corrected chi connectivity index (χ2v) is 6.49. The normalized spacial score (nSPS) is 12.3. The van der Waals surface area contributed by atoms with E-state index >= 15 is 0 Å². The molecule has 1 heterocycles. The highest BCUT2D eigenvalue weighted by Gasteiger charge is 2.11. The van der Waals surface area contributed by atoms with Crippen molar-refractivity contribution in [3.63, 3.8) is 0 Å². The van der Waals surface area contributed by atoms with Gasteiger partial charge in [-0.2, -0.15) is 4.98 Å². The van der Waals surface area contributed by atoms with E-state index in [1.807, 2.05) is 13.0 Å². The molecule has 4 nitrogen and oxygen atoms in total. The molecule has 0 spiro atoms. The van der Waals surface area contributed by atoms with Crippen LogP contribution in [0.3, 0.4) is 0 Å². The first-order chi connectivity index (χ1) is 10.9. The molecule has 23 heavy (non-hydrogen) atoms. The number of aromatic nitrogens is 2. The van der Waals surface area contributed by atoms with Crippen molar-refractivity contribution < 1.29 is 0 Å². The number of nitrogens with one attached hydrogen (secondary N) is 2. The molecule has 0 aliphatic rings. The van der Waals surface area contributed by atoms with E-state index in [0.29, 0.717) is 17.9 Å². The average molecular weight is 312 g/mol. The van der Waals surface area contributed by atoms with Crippen LogP contribution in [0.25, 0.3) is 0 Å². The molecular formula is C19H28N4. The molecule has 0 bridgehead atoms. The van der Waals surface area contributed by atoms with Gasteiger partial charge in [-0.15, -0.1) is 0 Å². The Labute approximate surface area is 139 Å². The Kier molecular flexibility index (Phi) is 5.59. The monoisotopic (exact) mass is 312 g/mol. The van der Waals surface area contributed by atoms with E-state index in [0.717, 1.165) is 23.6 Å². The van der Waals surface area contributed by atoms with Crippen LogP contribution in [-0.2, 0) is 0 Å². The molecule has 0 amide bonds. The topological polar surface area (TPSA) is 49.8 Å². The lowest BCUT2D eigenvalue weighted by Gasteiger charge is -2.18. The number of hydrogen-bond acceptors (Lipinski definition) is 4. The van der Waals surface area contributed by atoms with Crippen molar-refractivity contribution in [3.05, 3.63) is 41.1 Å². The van der Waals surface area contributed by atoms with Crippen molar-refractivity contribution in [3.8, 4) is 0 Å². The number of aryl methyl sites for hydroxylation is 2. The number of rotatable bonds is 6. The van der Waals surface area contributed by atoms with E-state index in [-0.39, 0.29) is 0 Å². The van der Waals surface area contributed by atoms with Gasteiger partial charge in [0.2, 0.25) is 5.95 Å². The van der Waals surface area contributed by atoms with Crippen LogP contribution >= 0.6 is 0 Å². The van der Waals surface area contributed by atoms with E-state index in [9.17, 15) is 0 Å². The van der Waals surface area contributed by atoms with Gasteiger partial charge in [-0.05, 0) is 44.2 Å². The third-order valence-corrected chi connectivity index (χ3v) is 4.02. The molecule has 0 fully saturated rings. The summed E-state index contributed by atoms with van der Waals surface area (Å²) in [5.41, 5.74) is 4.63. The van der Waals surface area contributed by atoms with Crippen molar-refractivity contribution in [1.82, 2.24) is 9.97 Å². The molecular weight excluding hydrogens is 284 g/mol. The molecule has 124 valence electrons. The molecule has 0 radical (unpaired) electrons. The Morgan fingerprint density at radius 1 is 1.09 bits per heavy atom. The van der Waals surface area contributed by atoms with Gasteiger partial charge in [0.25, 0.3) is 0 Å². The van der Waals surface area contributed by atoms with Crippen LogP contribution in [0.2, 0.25) is 0 Å². The van der Waals surface area contributed by atoms with Gasteiger partial charge in [0, 0.05) is 23.5 Å². The first-order valence-corrected chi connectivity index (χ1v) is 8.39. The second kappa shape index (κ2) is 7.44. The molecule has 1 unspecified atom stereocenters. The SMILES string of the molecule is CCC(C)Nc1nc(C)cc(Nc2c(C)cccc2C(C)C)n1. The maximum absolute atomic E-state index is 4.63. The molecule has 1 aromatic carbocycles. The minimum absolute atomic E-state index is 0.356. The molecule has 2 aromatic rings. The van der Waals surface area contributed by atoms with Crippen molar-refractivity contribution in [2.75, 3.05) is 10.6 Å². The molecule has 2 N–H and O–H groups in total. The number of benzene rings is 1. The molecule has 4 heteroatoms. The summed E-state index contributed by atoms with van der Waals surface area (Å²) in [5.74, 6) is 1.97. The summed E-state index contributed by atoms with van der Waals surface area (Å²) < 4.78 is 0. The van der Waals surface area contributed by atoms with Gasteiger partial charge in [-0.3, -0.25) is 0 Å². The van der Waals surface area contributed by atoms with Crippen LogP contribution in [-0.4, -0.2) is 16.0 Å². The maximum atomic E-state index is 4.63. The quantitative estimate of drug-likeness (QED) is 0.772. The molecule has 1 atom stereocenters. The maximum Gasteiger partial charge on any atom is 0.225 e. The summed E-state index contributed by atoms with van der Waals surface area (Å²) in [4.78, 5) is 9.11. The van der Waals surface area contributed by atoms with Gasteiger partial charge >= 0.3 is 0 Å². The number of para-hydroxylation sites is 1. The Morgan fingerprint density at radius 3 is 2.48 bits per heavy atom. The fraction of sp³-hybridized carbons (Fsp3) is 0.474. The lowest BCUT2D eigenvalue weighted by atomic mass is 9.98. The fourth-order valence-electron chi connectivity index (χ4n) is 2.49. The highest BCUT2D eigenvalue weighted by Crippen LogP contribution is 2.30. The zero-order valence-electron chi connectivity index (χ0n) is 15.1. The minimum Gasteiger partial charge on any atom is -0.352 e. The van der Waals surface area contributed by atoms with E-state index in [1.165, 1.54) is 11.1 Å². The zero-order valence-corrected chi connectivity index (χ0v) is 15.1. The van der Waals surface area contributed by atoms with Gasteiger partial charge < -0.3 is 10.6 Å². The Morgan fingerprint density at radius 2 is 1.83 bits per heavy atom. The molecule has 2 rings (SSSR count).